The fraction of sp³-hybridized carbons (Fsp3) is 0.500. The third-order valence-electron chi connectivity index (χ3n) is 2.48. The van der Waals surface area contributed by atoms with E-state index in [4.69, 9.17) is 15.2 Å². The van der Waals surface area contributed by atoms with Crippen LogP contribution in [0.4, 0.5) is 8.78 Å². The number of pyridine rings is 1. The van der Waals surface area contributed by atoms with Crippen LogP contribution in [0.25, 0.3) is 0 Å². The van der Waals surface area contributed by atoms with Gasteiger partial charge in [-0.15, -0.1) is 0 Å². The maximum atomic E-state index is 13.1. The van der Waals surface area contributed by atoms with Crippen LogP contribution in [0.5, 0.6) is 5.75 Å². The molecule has 0 aliphatic rings. The second kappa shape index (κ2) is 6.98. The molecule has 7 heteroatoms. The molecule has 0 spiro atoms. The van der Waals surface area contributed by atoms with Gasteiger partial charge in [0.2, 0.25) is 0 Å². The zero-order valence-electron chi connectivity index (χ0n) is 10.8. The first-order valence-electron chi connectivity index (χ1n) is 5.73. The minimum atomic E-state index is -2.78. The largest absolute Gasteiger partial charge is 0.494 e. The van der Waals surface area contributed by atoms with Crippen LogP contribution >= 0.6 is 0 Å². The summed E-state index contributed by atoms with van der Waals surface area (Å²) >= 11 is 0. The average molecular weight is 274 g/mol. The molecule has 0 aliphatic heterocycles. The SMILES string of the molecule is CCOC(=O)Cc1cnc(CN)c(OC)c1C(F)F. The Bertz CT molecular complexity index is 453. The Morgan fingerprint density at radius 1 is 1.53 bits per heavy atom. The highest BCUT2D eigenvalue weighted by molar-refractivity contribution is 5.73. The van der Waals surface area contributed by atoms with Crippen LogP contribution in [0.2, 0.25) is 0 Å². The maximum Gasteiger partial charge on any atom is 0.310 e. The molecule has 0 saturated heterocycles. The molecular weight excluding hydrogens is 258 g/mol. The van der Waals surface area contributed by atoms with Gasteiger partial charge in [-0.2, -0.15) is 0 Å². The first-order chi connectivity index (χ1) is 9.04. The number of hydrogen-bond donors (Lipinski definition) is 1. The van der Waals surface area contributed by atoms with Gasteiger partial charge < -0.3 is 15.2 Å². The number of methoxy groups -OCH3 is 1. The van der Waals surface area contributed by atoms with E-state index in [0.717, 1.165) is 0 Å². The Morgan fingerprint density at radius 3 is 2.68 bits per heavy atom. The highest BCUT2D eigenvalue weighted by Gasteiger charge is 2.24. The zero-order valence-corrected chi connectivity index (χ0v) is 10.8. The molecule has 5 nitrogen and oxygen atoms in total. The van der Waals surface area contributed by atoms with Crippen molar-refractivity contribution in [3.05, 3.63) is 23.0 Å². The number of hydrogen-bond acceptors (Lipinski definition) is 5. The molecule has 2 N–H and O–H groups in total. The van der Waals surface area contributed by atoms with Gasteiger partial charge in [-0.05, 0) is 12.5 Å². The zero-order chi connectivity index (χ0) is 14.4. The summed E-state index contributed by atoms with van der Waals surface area (Å²) in [6.45, 7) is 1.80. The Labute approximate surface area is 109 Å². The molecule has 1 rings (SSSR count). The molecule has 0 bridgehead atoms. The van der Waals surface area contributed by atoms with Crippen molar-refractivity contribution in [1.29, 1.82) is 0 Å². The summed E-state index contributed by atoms with van der Waals surface area (Å²) in [5.74, 6) is -0.659. The number of aromatic nitrogens is 1. The smallest absolute Gasteiger partial charge is 0.310 e. The van der Waals surface area contributed by atoms with E-state index in [2.05, 4.69) is 4.98 Å². The van der Waals surface area contributed by atoms with Crippen LogP contribution in [-0.2, 0) is 22.5 Å². The molecule has 0 unspecified atom stereocenters. The minimum Gasteiger partial charge on any atom is -0.494 e. The molecule has 1 aromatic rings. The molecule has 0 aliphatic carbocycles. The second-order valence-electron chi connectivity index (χ2n) is 3.66. The van der Waals surface area contributed by atoms with Crippen molar-refractivity contribution >= 4 is 5.97 Å². The van der Waals surface area contributed by atoms with Crippen molar-refractivity contribution in [2.75, 3.05) is 13.7 Å². The quantitative estimate of drug-likeness (QED) is 0.797. The van der Waals surface area contributed by atoms with Crippen LogP contribution in [-0.4, -0.2) is 24.7 Å². The Balaban J connectivity index is 3.20. The normalized spacial score (nSPS) is 10.6. The molecular formula is C12H16F2N2O3. The highest BCUT2D eigenvalue weighted by Crippen LogP contribution is 2.34. The molecule has 0 fully saturated rings. The van der Waals surface area contributed by atoms with Crippen LogP contribution in [0.1, 0.15) is 30.2 Å². The highest BCUT2D eigenvalue weighted by atomic mass is 19.3. The number of ether oxygens (including phenoxy) is 2. The van der Waals surface area contributed by atoms with E-state index in [1.165, 1.54) is 13.3 Å². The lowest BCUT2D eigenvalue weighted by Gasteiger charge is -2.15. The van der Waals surface area contributed by atoms with Crippen molar-refractivity contribution in [1.82, 2.24) is 4.98 Å². The Morgan fingerprint density at radius 2 is 2.21 bits per heavy atom. The number of carbonyl (C=O) groups is 1. The number of rotatable bonds is 6. The number of halogens is 2. The summed E-state index contributed by atoms with van der Waals surface area (Å²) in [7, 11) is 1.26. The lowest BCUT2D eigenvalue weighted by atomic mass is 10.0. The van der Waals surface area contributed by atoms with E-state index in [-0.39, 0.29) is 42.1 Å². The fourth-order valence-corrected chi connectivity index (χ4v) is 1.71. The maximum absolute atomic E-state index is 13.1. The lowest BCUT2D eigenvalue weighted by molar-refractivity contribution is -0.142. The van der Waals surface area contributed by atoms with Gasteiger partial charge >= 0.3 is 5.97 Å². The minimum absolute atomic E-state index is 0.0252. The summed E-state index contributed by atoms with van der Waals surface area (Å²) in [6.07, 6.45) is -1.85. The van der Waals surface area contributed by atoms with Crippen LogP contribution in [0, 0.1) is 0 Å². The number of esters is 1. The number of nitrogens with zero attached hydrogens (tertiary/aromatic N) is 1. The summed E-state index contributed by atoms with van der Waals surface area (Å²) in [6, 6.07) is 0. The third kappa shape index (κ3) is 3.60. The van der Waals surface area contributed by atoms with Gasteiger partial charge in [0.05, 0.1) is 31.4 Å². The van der Waals surface area contributed by atoms with Gasteiger partial charge in [-0.1, -0.05) is 0 Å². The van der Waals surface area contributed by atoms with E-state index in [1.54, 1.807) is 6.92 Å². The first-order valence-corrected chi connectivity index (χ1v) is 5.73. The Kier molecular flexibility index (Phi) is 5.62. The summed E-state index contributed by atoms with van der Waals surface area (Å²) < 4.78 is 35.9. The van der Waals surface area contributed by atoms with E-state index >= 15 is 0 Å². The van der Waals surface area contributed by atoms with Crippen LogP contribution in [0.15, 0.2) is 6.20 Å². The molecule has 1 aromatic heterocycles. The Hall–Kier alpha value is -1.76. The standard InChI is InChI=1S/C12H16F2N2O3/c1-3-19-9(17)4-7-6-16-8(5-15)11(18-2)10(7)12(13)14/h6,12H,3-5,15H2,1-2H3. The predicted octanol–water partition coefficient (Wildman–Crippen LogP) is 1.59. The molecule has 19 heavy (non-hydrogen) atoms. The van der Waals surface area contributed by atoms with Crippen LogP contribution in [0.3, 0.4) is 0 Å². The van der Waals surface area contributed by atoms with E-state index in [1.807, 2.05) is 0 Å². The van der Waals surface area contributed by atoms with Gasteiger partial charge in [0, 0.05) is 12.7 Å². The summed E-state index contributed by atoms with van der Waals surface area (Å²) in [5.41, 5.74) is 5.37. The van der Waals surface area contributed by atoms with Crippen molar-refractivity contribution in [3.63, 3.8) is 0 Å². The molecule has 0 saturated carbocycles. The molecule has 0 atom stereocenters. The summed E-state index contributed by atoms with van der Waals surface area (Å²) in [5, 5.41) is 0. The predicted molar refractivity (Wildman–Crippen MR) is 64.0 cm³/mol. The monoisotopic (exact) mass is 274 g/mol. The average Bonchev–Trinajstić information content (AvgIpc) is 2.37. The topological polar surface area (TPSA) is 74.4 Å². The van der Waals surface area contributed by atoms with Crippen molar-refractivity contribution in [3.8, 4) is 5.75 Å². The fourth-order valence-electron chi connectivity index (χ4n) is 1.71. The third-order valence-corrected chi connectivity index (χ3v) is 2.48. The van der Waals surface area contributed by atoms with Crippen LogP contribution < -0.4 is 10.5 Å². The van der Waals surface area contributed by atoms with Crippen molar-refractivity contribution in [2.45, 2.75) is 26.3 Å². The first kappa shape index (κ1) is 15.3. The van der Waals surface area contributed by atoms with Gasteiger partial charge in [-0.25, -0.2) is 8.78 Å². The van der Waals surface area contributed by atoms with Crippen molar-refractivity contribution < 1.29 is 23.0 Å². The van der Waals surface area contributed by atoms with E-state index < -0.39 is 12.4 Å². The lowest BCUT2D eigenvalue weighted by Crippen LogP contribution is -2.13. The second-order valence-corrected chi connectivity index (χ2v) is 3.66. The number of alkyl halides is 2. The summed E-state index contributed by atoms with van der Waals surface area (Å²) in [4.78, 5) is 15.3. The van der Waals surface area contributed by atoms with Gasteiger partial charge in [0.15, 0.2) is 5.75 Å². The van der Waals surface area contributed by atoms with Crippen molar-refractivity contribution in [2.24, 2.45) is 5.73 Å². The van der Waals surface area contributed by atoms with Gasteiger partial charge in [-0.3, -0.25) is 9.78 Å². The molecule has 106 valence electrons. The molecule has 0 radical (unpaired) electrons. The molecule has 0 amide bonds. The van der Waals surface area contributed by atoms with Gasteiger partial charge in [0.25, 0.3) is 6.43 Å². The number of nitrogens with two attached hydrogens (primary N) is 1. The van der Waals surface area contributed by atoms with E-state index in [9.17, 15) is 13.6 Å². The number of carbonyl (C=O) groups excluding carboxylic acids is 1. The molecule has 1 heterocycles. The van der Waals surface area contributed by atoms with E-state index in [0.29, 0.717) is 0 Å². The van der Waals surface area contributed by atoms with Gasteiger partial charge in [0.1, 0.15) is 0 Å². The molecule has 0 aromatic carbocycles.